The number of carbonyl (C=O) groups is 1. The molecule has 1 aliphatic carbocycles. The van der Waals surface area contributed by atoms with Gasteiger partial charge in [-0.25, -0.2) is 0 Å². The number of rotatable bonds is 2. The van der Waals surface area contributed by atoms with E-state index in [4.69, 9.17) is 0 Å². The van der Waals surface area contributed by atoms with E-state index in [-0.39, 0.29) is 5.41 Å². The lowest BCUT2D eigenvalue weighted by Gasteiger charge is -2.18. The van der Waals surface area contributed by atoms with Crippen molar-refractivity contribution in [1.29, 1.82) is 0 Å². The molecule has 0 spiro atoms. The van der Waals surface area contributed by atoms with Gasteiger partial charge < -0.3 is 0 Å². The van der Waals surface area contributed by atoms with Crippen LogP contribution in [0.15, 0.2) is 0 Å². The average molecular weight is 154 g/mol. The van der Waals surface area contributed by atoms with Crippen molar-refractivity contribution in [3.05, 3.63) is 0 Å². The van der Waals surface area contributed by atoms with Crippen LogP contribution in [-0.2, 0) is 4.79 Å². The normalized spacial score (nSPS) is 21.5. The maximum Gasteiger partial charge on any atom is 0.138 e. The molecule has 1 nitrogen and oxygen atoms in total. The Morgan fingerprint density at radius 2 is 1.82 bits per heavy atom. The molecule has 0 aromatic rings. The third kappa shape index (κ3) is 2.32. The second kappa shape index (κ2) is 2.33. The molecule has 0 unspecified atom stereocenters. The second-order valence-corrected chi connectivity index (χ2v) is 5.16. The third-order valence-corrected chi connectivity index (χ3v) is 2.53. The van der Waals surface area contributed by atoms with Crippen molar-refractivity contribution in [3.63, 3.8) is 0 Å². The van der Waals surface area contributed by atoms with Gasteiger partial charge in [0.15, 0.2) is 0 Å². The monoisotopic (exact) mass is 154 g/mol. The summed E-state index contributed by atoms with van der Waals surface area (Å²) < 4.78 is 0. The topological polar surface area (TPSA) is 17.1 Å². The molecule has 1 heteroatoms. The molecule has 0 heterocycles. The van der Waals surface area contributed by atoms with Gasteiger partial charge in [0.1, 0.15) is 5.78 Å². The fraction of sp³-hybridized carbons (Fsp3) is 0.900. The Morgan fingerprint density at radius 3 is 2.09 bits per heavy atom. The average Bonchev–Trinajstić information content (AvgIpc) is 2.45. The molecule has 0 aliphatic heterocycles. The Bertz CT molecular complexity index is 170. The molecule has 1 saturated carbocycles. The van der Waals surface area contributed by atoms with E-state index in [1.807, 2.05) is 20.8 Å². The lowest BCUT2D eigenvalue weighted by Crippen LogP contribution is -2.22. The summed E-state index contributed by atoms with van der Waals surface area (Å²) in [5.41, 5.74) is 0.246. The maximum absolute atomic E-state index is 11.5. The Labute approximate surface area is 69.2 Å². The first-order valence-electron chi connectivity index (χ1n) is 4.37. The molecule has 1 rings (SSSR count). The van der Waals surface area contributed by atoms with E-state index >= 15 is 0 Å². The first kappa shape index (κ1) is 8.76. The van der Waals surface area contributed by atoms with Crippen molar-refractivity contribution in [2.75, 3.05) is 0 Å². The van der Waals surface area contributed by atoms with Gasteiger partial charge in [-0.3, -0.25) is 4.79 Å². The molecule has 0 atom stereocenters. The molecule has 1 aliphatic rings. The van der Waals surface area contributed by atoms with Crippen LogP contribution in [0.3, 0.4) is 0 Å². The molecule has 0 aromatic heterocycles. The Kier molecular flexibility index (Phi) is 1.85. The molecule has 0 radical (unpaired) electrons. The van der Waals surface area contributed by atoms with Crippen LogP contribution in [0.25, 0.3) is 0 Å². The fourth-order valence-corrected chi connectivity index (χ4v) is 1.04. The van der Waals surface area contributed by atoms with E-state index in [0.29, 0.717) is 11.2 Å². The van der Waals surface area contributed by atoms with Crippen LogP contribution in [0.1, 0.15) is 47.0 Å². The van der Waals surface area contributed by atoms with Gasteiger partial charge in [-0.2, -0.15) is 0 Å². The van der Waals surface area contributed by atoms with Crippen LogP contribution < -0.4 is 0 Å². The SMILES string of the molecule is CC1(CC(=O)C(C)(C)C)CC1. The van der Waals surface area contributed by atoms with Gasteiger partial charge in [0.2, 0.25) is 0 Å². The minimum Gasteiger partial charge on any atom is -0.299 e. The van der Waals surface area contributed by atoms with Gasteiger partial charge in [0.05, 0.1) is 0 Å². The molecular weight excluding hydrogens is 136 g/mol. The Hall–Kier alpha value is -0.330. The number of Topliss-reactive ketones (excluding diaryl/α,β-unsaturated/α-hetero) is 1. The summed E-state index contributed by atoms with van der Waals surface area (Å²) in [7, 11) is 0. The summed E-state index contributed by atoms with van der Waals surface area (Å²) in [5.74, 6) is 0.414. The van der Waals surface area contributed by atoms with Crippen molar-refractivity contribution in [2.24, 2.45) is 10.8 Å². The summed E-state index contributed by atoms with van der Waals surface area (Å²) in [6.45, 7) is 8.21. The van der Waals surface area contributed by atoms with Crippen LogP contribution in [0.5, 0.6) is 0 Å². The van der Waals surface area contributed by atoms with Gasteiger partial charge in [0, 0.05) is 11.8 Å². The maximum atomic E-state index is 11.5. The van der Waals surface area contributed by atoms with Crippen molar-refractivity contribution >= 4 is 5.78 Å². The molecule has 11 heavy (non-hydrogen) atoms. The first-order valence-corrected chi connectivity index (χ1v) is 4.37. The zero-order valence-corrected chi connectivity index (χ0v) is 8.03. The minimum absolute atomic E-state index is 0.133. The fourth-order valence-electron chi connectivity index (χ4n) is 1.04. The molecular formula is C10H18O. The first-order chi connectivity index (χ1) is 4.83. The molecule has 0 amide bonds. The van der Waals surface area contributed by atoms with Crippen molar-refractivity contribution in [1.82, 2.24) is 0 Å². The van der Waals surface area contributed by atoms with E-state index in [2.05, 4.69) is 6.92 Å². The highest BCUT2D eigenvalue weighted by Gasteiger charge is 2.41. The number of hydrogen-bond acceptors (Lipinski definition) is 1. The highest BCUT2D eigenvalue weighted by atomic mass is 16.1. The molecule has 64 valence electrons. The van der Waals surface area contributed by atoms with Crippen molar-refractivity contribution in [3.8, 4) is 0 Å². The van der Waals surface area contributed by atoms with Crippen LogP contribution in [0, 0.1) is 10.8 Å². The van der Waals surface area contributed by atoms with Crippen molar-refractivity contribution in [2.45, 2.75) is 47.0 Å². The Balaban J connectivity index is 2.44. The van der Waals surface area contributed by atoms with Crippen LogP contribution >= 0.6 is 0 Å². The predicted octanol–water partition coefficient (Wildman–Crippen LogP) is 2.79. The summed E-state index contributed by atoms with van der Waals surface area (Å²) in [6, 6.07) is 0. The molecule has 0 aromatic carbocycles. The van der Waals surface area contributed by atoms with E-state index in [1.54, 1.807) is 0 Å². The van der Waals surface area contributed by atoms with Gasteiger partial charge in [-0.15, -0.1) is 0 Å². The standard InChI is InChI=1S/C10H18O/c1-9(2,3)8(11)7-10(4)5-6-10/h5-7H2,1-4H3. The lowest BCUT2D eigenvalue weighted by molar-refractivity contribution is -0.127. The minimum atomic E-state index is -0.133. The van der Waals surface area contributed by atoms with Crippen LogP contribution in [0.4, 0.5) is 0 Å². The van der Waals surface area contributed by atoms with E-state index < -0.39 is 0 Å². The summed E-state index contributed by atoms with van der Waals surface area (Å²) in [4.78, 5) is 11.5. The second-order valence-electron chi connectivity index (χ2n) is 5.16. The zero-order valence-electron chi connectivity index (χ0n) is 8.03. The summed E-state index contributed by atoms with van der Waals surface area (Å²) >= 11 is 0. The summed E-state index contributed by atoms with van der Waals surface area (Å²) in [5, 5.41) is 0. The quantitative estimate of drug-likeness (QED) is 0.597. The van der Waals surface area contributed by atoms with E-state index in [1.165, 1.54) is 12.8 Å². The van der Waals surface area contributed by atoms with Crippen LogP contribution in [0.2, 0.25) is 0 Å². The summed E-state index contributed by atoms with van der Waals surface area (Å²) in [6.07, 6.45) is 3.28. The third-order valence-electron chi connectivity index (χ3n) is 2.53. The largest absolute Gasteiger partial charge is 0.299 e. The highest BCUT2D eigenvalue weighted by Crippen LogP contribution is 2.49. The number of carbonyl (C=O) groups excluding carboxylic acids is 1. The van der Waals surface area contributed by atoms with Gasteiger partial charge in [0.25, 0.3) is 0 Å². The highest BCUT2D eigenvalue weighted by molar-refractivity contribution is 5.84. The number of hydrogen-bond donors (Lipinski definition) is 0. The van der Waals surface area contributed by atoms with Gasteiger partial charge >= 0.3 is 0 Å². The molecule has 0 saturated heterocycles. The predicted molar refractivity (Wildman–Crippen MR) is 46.4 cm³/mol. The lowest BCUT2D eigenvalue weighted by atomic mass is 9.85. The smallest absolute Gasteiger partial charge is 0.138 e. The Morgan fingerprint density at radius 1 is 1.36 bits per heavy atom. The van der Waals surface area contributed by atoms with E-state index in [0.717, 1.165) is 6.42 Å². The molecule has 1 fully saturated rings. The molecule has 0 N–H and O–H groups in total. The zero-order chi connectivity index (χ0) is 8.70. The van der Waals surface area contributed by atoms with Crippen LogP contribution in [-0.4, -0.2) is 5.78 Å². The van der Waals surface area contributed by atoms with E-state index in [9.17, 15) is 4.79 Å². The number of ketones is 1. The van der Waals surface area contributed by atoms with Gasteiger partial charge in [-0.05, 0) is 18.3 Å². The van der Waals surface area contributed by atoms with Crippen molar-refractivity contribution < 1.29 is 4.79 Å². The molecule has 0 bridgehead atoms. The van der Waals surface area contributed by atoms with Gasteiger partial charge in [-0.1, -0.05) is 27.7 Å².